The number of nitrogens with one attached hydrogen (secondary N) is 1. The van der Waals surface area contributed by atoms with E-state index in [1.54, 1.807) is 6.07 Å². The number of non-ortho nitro benzene ring substituents is 1. The van der Waals surface area contributed by atoms with Crippen LogP contribution in [0.25, 0.3) is 16.7 Å². The summed E-state index contributed by atoms with van der Waals surface area (Å²) in [6, 6.07) is 17.4. The van der Waals surface area contributed by atoms with Crippen LogP contribution in [0.5, 0.6) is 0 Å². The molecule has 8 nitrogen and oxygen atoms in total. The van der Waals surface area contributed by atoms with Gasteiger partial charge in [-0.05, 0) is 62.2 Å². The predicted octanol–water partition coefficient (Wildman–Crippen LogP) is 5.63. The molecular weight excluding hydrogens is 458 g/mol. The van der Waals surface area contributed by atoms with Crippen molar-refractivity contribution in [3.05, 3.63) is 110 Å². The monoisotopic (exact) mass is 481 g/mol. The van der Waals surface area contributed by atoms with E-state index in [2.05, 4.69) is 4.98 Å². The van der Waals surface area contributed by atoms with E-state index < -0.39 is 22.7 Å². The normalized spacial score (nSPS) is 17.2. The molecule has 0 spiro atoms. The van der Waals surface area contributed by atoms with Crippen molar-refractivity contribution in [2.24, 2.45) is 0 Å². The maximum Gasteiger partial charge on any atom is 0.300 e. The number of fused-ring (bicyclic) bond motifs is 1. The average molecular weight is 482 g/mol. The summed E-state index contributed by atoms with van der Waals surface area (Å²) in [7, 11) is 0. The van der Waals surface area contributed by atoms with Gasteiger partial charge in [0.1, 0.15) is 5.76 Å². The van der Waals surface area contributed by atoms with E-state index in [9.17, 15) is 24.8 Å². The Morgan fingerprint density at radius 3 is 2.33 bits per heavy atom. The van der Waals surface area contributed by atoms with Crippen molar-refractivity contribution in [3.8, 4) is 0 Å². The summed E-state index contributed by atoms with van der Waals surface area (Å²) < 4.78 is 0. The molecule has 180 valence electrons. The number of hydrogen-bond donors (Lipinski definition) is 2. The van der Waals surface area contributed by atoms with Gasteiger partial charge in [0.05, 0.1) is 16.5 Å². The molecule has 1 fully saturated rings. The Hall–Kier alpha value is -4.72. The largest absolute Gasteiger partial charge is 0.507 e. The summed E-state index contributed by atoms with van der Waals surface area (Å²) in [5.41, 5.74) is 4.83. The molecule has 2 N–H and O–H groups in total. The lowest BCUT2D eigenvalue weighted by Crippen LogP contribution is -2.29. The fraction of sp³-hybridized carbons (Fsp3) is 0.143. The predicted molar refractivity (Wildman–Crippen MR) is 137 cm³/mol. The molecule has 1 saturated heterocycles. The quantitative estimate of drug-likeness (QED) is 0.129. The number of rotatable bonds is 4. The summed E-state index contributed by atoms with van der Waals surface area (Å²) in [5, 5.41) is 23.2. The van der Waals surface area contributed by atoms with Gasteiger partial charge in [0.15, 0.2) is 0 Å². The number of benzene rings is 3. The van der Waals surface area contributed by atoms with Gasteiger partial charge >= 0.3 is 0 Å². The molecule has 2 heterocycles. The van der Waals surface area contributed by atoms with Crippen LogP contribution in [0.15, 0.2) is 72.3 Å². The number of aryl methyl sites for hydroxylation is 3. The van der Waals surface area contributed by atoms with E-state index in [4.69, 9.17) is 0 Å². The first-order valence-corrected chi connectivity index (χ1v) is 11.4. The zero-order chi connectivity index (χ0) is 25.7. The number of anilines is 1. The van der Waals surface area contributed by atoms with Crippen molar-refractivity contribution >= 4 is 39.7 Å². The molecule has 3 aromatic carbocycles. The van der Waals surface area contributed by atoms with Gasteiger partial charge < -0.3 is 10.1 Å². The van der Waals surface area contributed by atoms with Crippen LogP contribution < -0.4 is 4.90 Å². The fourth-order valence-electron chi connectivity index (χ4n) is 4.79. The Labute approximate surface area is 206 Å². The van der Waals surface area contributed by atoms with Crippen molar-refractivity contribution in [1.82, 2.24) is 4.98 Å². The number of aromatic nitrogens is 1. The van der Waals surface area contributed by atoms with Crippen LogP contribution >= 0.6 is 0 Å². The van der Waals surface area contributed by atoms with Crippen molar-refractivity contribution in [2.45, 2.75) is 26.8 Å². The maximum absolute atomic E-state index is 13.5. The van der Waals surface area contributed by atoms with E-state index in [0.717, 1.165) is 27.7 Å². The second-order valence-electron chi connectivity index (χ2n) is 8.95. The van der Waals surface area contributed by atoms with Crippen LogP contribution in [0.3, 0.4) is 0 Å². The number of aromatic amines is 1. The molecule has 1 amide bonds. The number of ketones is 1. The van der Waals surface area contributed by atoms with Crippen LogP contribution in [0.2, 0.25) is 0 Å². The lowest BCUT2D eigenvalue weighted by atomic mass is 9.93. The minimum absolute atomic E-state index is 0.0695. The molecule has 0 aliphatic carbocycles. The smallest absolute Gasteiger partial charge is 0.300 e. The number of H-pyrrole nitrogens is 1. The zero-order valence-corrected chi connectivity index (χ0v) is 19.9. The Bertz CT molecular complexity index is 1600. The van der Waals surface area contributed by atoms with E-state index in [1.807, 2.05) is 57.2 Å². The number of aliphatic hydroxyl groups excluding tert-OH is 1. The maximum atomic E-state index is 13.5. The van der Waals surface area contributed by atoms with Gasteiger partial charge in [-0.1, -0.05) is 24.3 Å². The molecule has 1 aliphatic heterocycles. The van der Waals surface area contributed by atoms with Crippen molar-refractivity contribution in [1.29, 1.82) is 0 Å². The van der Waals surface area contributed by atoms with E-state index >= 15 is 0 Å². The lowest BCUT2D eigenvalue weighted by Gasteiger charge is -2.26. The van der Waals surface area contributed by atoms with E-state index in [1.165, 1.54) is 29.2 Å². The second-order valence-corrected chi connectivity index (χ2v) is 8.95. The highest BCUT2D eigenvalue weighted by Gasteiger charge is 2.48. The summed E-state index contributed by atoms with van der Waals surface area (Å²) in [6.45, 7) is 5.75. The number of hydrogen-bond acceptors (Lipinski definition) is 5. The first-order valence-electron chi connectivity index (χ1n) is 11.4. The first-order chi connectivity index (χ1) is 17.2. The van der Waals surface area contributed by atoms with E-state index in [0.29, 0.717) is 11.3 Å². The number of nitro groups is 1. The van der Waals surface area contributed by atoms with Gasteiger partial charge in [-0.25, -0.2) is 0 Å². The highest BCUT2D eigenvalue weighted by atomic mass is 16.6. The first kappa shape index (κ1) is 23.0. The molecular formula is C28H23N3O5. The lowest BCUT2D eigenvalue weighted by molar-refractivity contribution is -0.384. The van der Waals surface area contributed by atoms with Crippen LogP contribution in [0, 0.1) is 30.9 Å². The highest BCUT2D eigenvalue weighted by Crippen LogP contribution is 2.45. The number of aliphatic hydroxyl groups is 1. The average Bonchev–Trinajstić information content (AvgIpc) is 3.32. The topological polar surface area (TPSA) is 117 Å². The molecule has 8 heteroatoms. The fourth-order valence-corrected chi connectivity index (χ4v) is 4.79. The van der Waals surface area contributed by atoms with Gasteiger partial charge in [0.2, 0.25) is 0 Å². The van der Waals surface area contributed by atoms with Crippen LogP contribution in [0.4, 0.5) is 11.4 Å². The third-order valence-corrected chi connectivity index (χ3v) is 6.78. The Kier molecular flexibility index (Phi) is 5.44. The zero-order valence-electron chi connectivity index (χ0n) is 19.9. The number of amides is 1. The molecule has 4 aromatic rings. The van der Waals surface area contributed by atoms with Crippen LogP contribution in [-0.4, -0.2) is 26.7 Å². The third-order valence-electron chi connectivity index (χ3n) is 6.78. The molecule has 0 radical (unpaired) electrons. The van der Waals surface area contributed by atoms with Gasteiger partial charge in [-0.2, -0.15) is 0 Å². The molecule has 1 unspecified atom stereocenters. The van der Waals surface area contributed by atoms with Gasteiger partial charge in [0, 0.05) is 45.5 Å². The van der Waals surface area contributed by atoms with Gasteiger partial charge in [-0.3, -0.25) is 24.6 Å². The second kappa shape index (κ2) is 8.49. The number of carbonyl (C=O) groups excluding carboxylic acids is 2. The minimum atomic E-state index is -0.904. The van der Waals surface area contributed by atoms with Crippen molar-refractivity contribution < 1.29 is 19.6 Å². The van der Waals surface area contributed by atoms with Crippen LogP contribution in [-0.2, 0) is 9.59 Å². The summed E-state index contributed by atoms with van der Waals surface area (Å²) in [6.07, 6.45) is 0. The van der Waals surface area contributed by atoms with Crippen molar-refractivity contribution in [2.75, 3.05) is 4.90 Å². The Morgan fingerprint density at radius 2 is 1.67 bits per heavy atom. The van der Waals surface area contributed by atoms with Gasteiger partial charge in [-0.15, -0.1) is 0 Å². The standard InChI is InChI=1S/C28H23N3O5/c1-15-8-11-20(14-16(15)2)30-25(23-17(3)29-22-7-5-4-6-21(22)23)24(27(33)28(30)34)26(32)18-9-12-19(13-10-18)31(35)36/h4-14,25,29,32H,1-3H3/b26-24+. The SMILES string of the molecule is Cc1ccc(N2C(=O)C(=O)/C(=C(/O)c3ccc([N+](=O)[O-])cc3)C2c2c(C)[nH]c3ccccc23)cc1C. The summed E-state index contributed by atoms with van der Waals surface area (Å²) in [4.78, 5) is 42.2. The molecule has 1 atom stereocenters. The summed E-state index contributed by atoms with van der Waals surface area (Å²) >= 11 is 0. The molecule has 0 saturated carbocycles. The highest BCUT2D eigenvalue weighted by molar-refractivity contribution is 6.52. The number of carbonyl (C=O) groups is 2. The van der Waals surface area contributed by atoms with Crippen LogP contribution in [0.1, 0.15) is 34.0 Å². The number of nitro benzene ring substituents is 1. The number of Topliss-reactive ketones (excluding diaryl/α,β-unsaturated/α-hetero) is 1. The summed E-state index contributed by atoms with van der Waals surface area (Å²) in [5.74, 6) is -1.96. The molecule has 1 aromatic heterocycles. The van der Waals surface area contributed by atoms with E-state index in [-0.39, 0.29) is 22.6 Å². The number of nitrogens with zero attached hydrogens (tertiary/aromatic N) is 2. The molecule has 36 heavy (non-hydrogen) atoms. The molecule has 1 aliphatic rings. The third kappa shape index (κ3) is 3.54. The Morgan fingerprint density at radius 1 is 0.972 bits per heavy atom. The Balaban J connectivity index is 1.79. The van der Waals surface area contributed by atoms with Crippen molar-refractivity contribution in [3.63, 3.8) is 0 Å². The molecule has 0 bridgehead atoms. The number of para-hydroxylation sites is 1. The molecule has 5 rings (SSSR count). The minimum Gasteiger partial charge on any atom is -0.507 e. The van der Waals surface area contributed by atoms with Gasteiger partial charge in [0.25, 0.3) is 17.4 Å².